The lowest BCUT2D eigenvalue weighted by molar-refractivity contribution is 0.461. The predicted molar refractivity (Wildman–Crippen MR) is 81.5 cm³/mol. The van der Waals surface area contributed by atoms with Gasteiger partial charge in [0.1, 0.15) is 5.82 Å². The van der Waals surface area contributed by atoms with Crippen molar-refractivity contribution in [3.63, 3.8) is 0 Å². The molecule has 2 N–H and O–H groups in total. The maximum Gasteiger partial charge on any atom is 0.123 e. The molecule has 1 fully saturated rings. The molecular weight excluding hydrogens is 265 g/mol. The van der Waals surface area contributed by atoms with Crippen molar-refractivity contribution in [2.45, 2.75) is 51.1 Å². The van der Waals surface area contributed by atoms with Crippen molar-refractivity contribution < 1.29 is 4.39 Å². The van der Waals surface area contributed by atoms with Gasteiger partial charge >= 0.3 is 0 Å². The number of hydrogen-bond acceptors (Lipinski definition) is 2. The molecule has 1 aromatic heterocycles. The topological polar surface area (TPSA) is 43.8 Å². The lowest BCUT2D eigenvalue weighted by Crippen LogP contribution is -2.16. The van der Waals surface area contributed by atoms with E-state index in [1.807, 2.05) is 13.0 Å². The van der Waals surface area contributed by atoms with Crippen molar-refractivity contribution in [3.8, 4) is 0 Å². The van der Waals surface area contributed by atoms with Crippen LogP contribution in [0.2, 0.25) is 0 Å². The van der Waals surface area contributed by atoms with E-state index in [1.165, 1.54) is 37.8 Å². The third-order valence-corrected chi connectivity index (χ3v) is 4.43. The fourth-order valence-electron chi connectivity index (χ4n) is 3.20. The summed E-state index contributed by atoms with van der Waals surface area (Å²) in [7, 11) is 0. The highest BCUT2D eigenvalue weighted by atomic mass is 19.1. The molecule has 1 heterocycles. The van der Waals surface area contributed by atoms with Crippen LogP contribution in [0.3, 0.4) is 0 Å². The Morgan fingerprint density at radius 1 is 1.33 bits per heavy atom. The highest BCUT2D eigenvalue weighted by Gasteiger charge is 2.18. The average molecular weight is 287 g/mol. The van der Waals surface area contributed by atoms with Crippen LogP contribution >= 0.6 is 0 Å². The first-order valence-electron chi connectivity index (χ1n) is 7.69. The van der Waals surface area contributed by atoms with E-state index in [2.05, 4.69) is 16.0 Å². The van der Waals surface area contributed by atoms with E-state index in [9.17, 15) is 4.39 Å². The molecule has 1 aromatic carbocycles. The van der Waals surface area contributed by atoms with Gasteiger partial charge in [0.25, 0.3) is 0 Å². The molecule has 21 heavy (non-hydrogen) atoms. The first kappa shape index (κ1) is 14.3. The molecule has 0 bridgehead atoms. The van der Waals surface area contributed by atoms with Gasteiger partial charge in [-0.1, -0.05) is 18.9 Å². The second kappa shape index (κ2) is 5.98. The van der Waals surface area contributed by atoms with Gasteiger partial charge in [-0.2, -0.15) is 5.10 Å². The van der Waals surface area contributed by atoms with Gasteiger partial charge in [0.2, 0.25) is 0 Å². The SMILES string of the molecule is Cc1ccc(F)cc1C(N)Cc1ccn(C2CCCC2)n1. The van der Waals surface area contributed by atoms with E-state index in [4.69, 9.17) is 5.73 Å². The van der Waals surface area contributed by atoms with Crippen LogP contribution in [0.5, 0.6) is 0 Å². The van der Waals surface area contributed by atoms with E-state index < -0.39 is 0 Å². The average Bonchev–Trinajstić information content (AvgIpc) is 3.11. The Morgan fingerprint density at radius 2 is 2.10 bits per heavy atom. The maximum absolute atomic E-state index is 13.4. The second-order valence-corrected chi connectivity index (χ2v) is 6.04. The molecule has 3 nitrogen and oxygen atoms in total. The van der Waals surface area contributed by atoms with Gasteiger partial charge in [-0.05, 0) is 49.1 Å². The molecule has 1 aliphatic rings. The first-order valence-corrected chi connectivity index (χ1v) is 7.69. The van der Waals surface area contributed by atoms with Gasteiger partial charge in [0.05, 0.1) is 11.7 Å². The zero-order chi connectivity index (χ0) is 14.8. The Labute approximate surface area is 125 Å². The van der Waals surface area contributed by atoms with E-state index in [-0.39, 0.29) is 11.9 Å². The van der Waals surface area contributed by atoms with E-state index in [0.29, 0.717) is 12.5 Å². The van der Waals surface area contributed by atoms with Crippen LogP contribution in [-0.4, -0.2) is 9.78 Å². The summed E-state index contributed by atoms with van der Waals surface area (Å²) in [6.07, 6.45) is 7.72. The molecule has 0 amide bonds. The predicted octanol–water partition coefficient (Wildman–Crippen LogP) is 3.69. The molecule has 0 aliphatic heterocycles. The summed E-state index contributed by atoms with van der Waals surface area (Å²) < 4.78 is 15.5. The molecule has 1 unspecified atom stereocenters. The molecule has 3 rings (SSSR count). The number of aromatic nitrogens is 2. The molecule has 1 saturated carbocycles. The van der Waals surface area contributed by atoms with Gasteiger partial charge in [0, 0.05) is 18.7 Å². The van der Waals surface area contributed by atoms with Crippen LogP contribution in [0.4, 0.5) is 4.39 Å². The lowest BCUT2D eigenvalue weighted by Gasteiger charge is -2.14. The van der Waals surface area contributed by atoms with Gasteiger partial charge in [-0.25, -0.2) is 4.39 Å². The molecular formula is C17H22FN3. The zero-order valence-electron chi connectivity index (χ0n) is 12.4. The Balaban J connectivity index is 1.72. The van der Waals surface area contributed by atoms with Gasteiger partial charge < -0.3 is 5.73 Å². The summed E-state index contributed by atoms with van der Waals surface area (Å²) in [5, 5.41) is 4.65. The third-order valence-electron chi connectivity index (χ3n) is 4.43. The number of rotatable bonds is 4. The highest BCUT2D eigenvalue weighted by Crippen LogP contribution is 2.29. The normalized spacial score (nSPS) is 17.3. The molecule has 0 spiro atoms. The van der Waals surface area contributed by atoms with Crippen LogP contribution in [0.1, 0.15) is 54.6 Å². The van der Waals surface area contributed by atoms with Crippen LogP contribution in [0, 0.1) is 12.7 Å². The number of hydrogen-bond donors (Lipinski definition) is 1. The van der Waals surface area contributed by atoms with Gasteiger partial charge in [-0.3, -0.25) is 4.68 Å². The van der Waals surface area contributed by atoms with E-state index >= 15 is 0 Å². The Hall–Kier alpha value is -1.68. The lowest BCUT2D eigenvalue weighted by atomic mass is 9.98. The third kappa shape index (κ3) is 3.16. The summed E-state index contributed by atoms with van der Waals surface area (Å²) >= 11 is 0. The number of benzene rings is 1. The first-order chi connectivity index (χ1) is 10.1. The molecule has 2 aromatic rings. The Kier molecular flexibility index (Phi) is 4.06. The zero-order valence-corrected chi connectivity index (χ0v) is 12.4. The fraction of sp³-hybridized carbons (Fsp3) is 0.471. The molecule has 1 aliphatic carbocycles. The summed E-state index contributed by atoms with van der Waals surface area (Å²) in [6, 6.07) is 7.15. The second-order valence-electron chi connectivity index (χ2n) is 6.04. The Bertz CT molecular complexity index is 614. The maximum atomic E-state index is 13.4. The van der Waals surface area contributed by atoms with Crippen molar-refractivity contribution in [1.29, 1.82) is 0 Å². The summed E-state index contributed by atoms with van der Waals surface area (Å²) in [5.41, 5.74) is 9.12. The van der Waals surface area contributed by atoms with E-state index in [0.717, 1.165) is 16.8 Å². The molecule has 4 heteroatoms. The van der Waals surface area contributed by atoms with Gasteiger partial charge in [0.15, 0.2) is 0 Å². The number of nitrogens with two attached hydrogens (primary N) is 1. The number of aryl methyl sites for hydroxylation is 1. The molecule has 112 valence electrons. The van der Waals surface area contributed by atoms with Crippen LogP contribution in [0.15, 0.2) is 30.5 Å². The van der Waals surface area contributed by atoms with Crippen molar-refractivity contribution in [2.24, 2.45) is 5.73 Å². The van der Waals surface area contributed by atoms with Crippen LogP contribution in [-0.2, 0) is 6.42 Å². The smallest absolute Gasteiger partial charge is 0.123 e. The van der Waals surface area contributed by atoms with Crippen molar-refractivity contribution >= 4 is 0 Å². The summed E-state index contributed by atoms with van der Waals surface area (Å²) in [5.74, 6) is -0.234. The number of halogens is 1. The van der Waals surface area contributed by atoms with Crippen LogP contribution in [0.25, 0.3) is 0 Å². The minimum absolute atomic E-state index is 0.215. The molecule has 0 radical (unpaired) electrons. The summed E-state index contributed by atoms with van der Waals surface area (Å²) in [4.78, 5) is 0. The minimum atomic E-state index is -0.234. The largest absolute Gasteiger partial charge is 0.324 e. The van der Waals surface area contributed by atoms with Crippen molar-refractivity contribution in [1.82, 2.24) is 9.78 Å². The molecule has 0 saturated heterocycles. The number of nitrogens with zero attached hydrogens (tertiary/aromatic N) is 2. The van der Waals surface area contributed by atoms with Crippen LogP contribution < -0.4 is 5.73 Å². The standard InChI is InChI=1S/C17H22FN3/c1-12-6-7-13(18)10-16(12)17(19)11-14-8-9-21(20-14)15-4-2-3-5-15/h6-10,15,17H,2-5,11,19H2,1H3. The quantitative estimate of drug-likeness (QED) is 0.932. The Morgan fingerprint density at radius 3 is 2.86 bits per heavy atom. The minimum Gasteiger partial charge on any atom is -0.324 e. The van der Waals surface area contributed by atoms with Crippen molar-refractivity contribution in [2.75, 3.05) is 0 Å². The van der Waals surface area contributed by atoms with Gasteiger partial charge in [-0.15, -0.1) is 0 Å². The fourth-order valence-corrected chi connectivity index (χ4v) is 3.20. The summed E-state index contributed by atoms with van der Waals surface area (Å²) in [6.45, 7) is 1.96. The van der Waals surface area contributed by atoms with Crippen molar-refractivity contribution in [3.05, 3.63) is 53.1 Å². The highest BCUT2D eigenvalue weighted by molar-refractivity contribution is 5.30. The van der Waals surface area contributed by atoms with E-state index in [1.54, 1.807) is 6.07 Å². The molecule has 1 atom stereocenters. The monoisotopic (exact) mass is 287 g/mol.